The zero-order chi connectivity index (χ0) is 13.1. The number of hydrogen-bond acceptors (Lipinski definition) is 5. The molecule has 2 heterocycles. The zero-order valence-electron chi connectivity index (χ0n) is 11.3. The minimum Gasteiger partial charge on any atom is -0.392 e. The second-order valence-corrected chi connectivity index (χ2v) is 6.90. The smallest absolute Gasteiger partial charge is 0.392 e. The number of rotatable bonds is 8. The molecule has 1 N–H and O–H groups in total. The Hall–Kier alpha value is 0.0169. The molecule has 0 aromatic heterocycles. The van der Waals surface area contributed by atoms with Crippen LogP contribution in [0.4, 0.5) is 0 Å². The SMILES string of the molecule is CCC1(CO[SiH](O)OCC2(CC)COC2)COC1. The largest absolute Gasteiger partial charge is 0.481 e. The fourth-order valence-corrected chi connectivity index (χ4v) is 3.19. The van der Waals surface area contributed by atoms with Crippen molar-refractivity contribution < 1.29 is 23.1 Å². The third-order valence-electron chi connectivity index (χ3n) is 4.20. The molecule has 0 aliphatic carbocycles. The summed E-state index contributed by atoms with van der Waals surface area (Å²) in [5.74, 6) is 0. The fraction of sp³-hybridized carbons (Fsp3) is 1.00. The van der Waals surface area contributed by atoms with Crippen LogP contribution in [-0.2, 0) is 18.3 Å². The average molecular weight is 276 g/mol. The summed E-state index contributed by atoms with van der Waals surface area (Å²) in [6.07, 6.45) is 2.03. The summed E-state index contributed by atoms with van der Waals surface area (Å²) in [6, 6.07) is 0. The van der Waals surface area contributed by atoms with Gasteiger partial charge < -0.3 is 23.1 Å². The molecule has 0 atom stereocenters. The van der Waals surface area contributed by atoms with Crippen molar-refractivity contribution in [2.45, 2.75) is 26.7 Å². The first-order valence-electron chi connectivity index (χ1n) is 6.70. The lowest BCUT2D eigenvalue weighted by molar-refractivity contribution is -0.150. The molecule has 6 heteroatoms. The summed E-state index contributed by atoms with van der Waals surface area (Å²) in [6.45, 7) is 8.28. The quantitative estimate of drug-likeness (QED) is 0.657. The Morgan fingerprint density at radius 2 is 1.33 bits per heavy atom. The van der Waals surface area contributed by atoms with Gasteiger partial charge >= 0.3 is 9.53 Å². The first-order valence-corrected chi connectivity index (χ1v) is 8.16. The molecule has 2 fully saturated rings. The summed E-state index contributed by atoms with van der Waals surface area (Å²) in [4.78, 5) is 9.82. The summed E-state index contributed by atoms with van der Waals surface area (Å²) in [5.41, 5.74) is 0.221. The van der Waals surface area contributed by atoms with E-state index in [2.05, 4.69) is 13.8 Å². The lowest BCUT2D eigenvalue weighted by Gasteiger charge is -2.42. The van der Waals surface area contributed by atoms with E-state index in [1.54, 1.807) is 0 Å². The van der Waals surface area contributed by atoms with E-state index >= 15 is 0 Å². The average Bonchev–Trinajstić information content (AvgIpc) is 2.27. The van der Waals surface area contributed by atoms with Crippen LogP contribution in [0.2, 0.25) is 0 Å². The molecule has 2 saturated heterocycles. The number of ether oxygens (including phenoxy) is 2. The molecule has 2 aliphatic heterocycles. The van der Waals surface area contributed by atoms with Gasteiger partial charge in [0, 0.05) is 24.0 Å². The van der Waals surface area contributed by atoms with Gasteiger partial charge in [0.05, 0.1) is 26.4 Å². The Morgan fingerprint density at radius 1 is 0.944 bits per heavy atom. The van der Waals surface area contributed by atoms with Crippen molar-refractivity contribution in [1.29, 1.82) is 0 Å². The first-order chi connectivity index (χ1) is 8.64. The molecule has 0 aromatic rings. The Labute approximate surface area is 110 Å². The zero-order valence-corrected chi connectivity index (χ0v) is 12.5. The van der Waals surface area contributed by atoms with Crippen LogP contribution in [0.25, 0.3) is 0 Å². The van der Waals surface area contributed by atoms with E-state index in [-0.39, 0.29) is 10.8 Å². The minimum atomic E-state index is -2.50. The van der Waals surface area contributed by atoms with Gasteiger partial charge in [-0.3, -0.25) is 0 Å². The highest BCUT2D eigenvalue weighted by Gasteiger charge is 2.40. The maximum absolute atomic E-state index is 9.82. The molecule has 0 amide bonds. The van der Waals surface area contributed by atoms with Crippen LogP contribution in [0, 0.1) is 10.8 Å². The summed E-state index contributed by atoms with van der Waals surface area (Å²) in [7, 11) is -2.50. The maximum atomic E-state index is 9.82. The molecule has 0 aromatic carbocycles. The van der Waals surface area contributed by atoms with Gasteiger partial charge in [0.1, 0.15) is 0 Å². The van der Waals surface area contributed by atoms with Gasteiger partial charge in [-0.1, -0.05) is 13.8 Å². The van der Waals surface area contributed by atoms with Crippen molar-refractivity contribution in [3.63, 3.8) is 0 Å². The molecule has 0 unspecified atom stereocenters. The van der Waals surface area contributed by atoms with E-state index in [0.29, 0.717) is 13.2 Å². The van der Waals surface area contributed by atoms with E-state index in [4.69, 9.17) is 18.3 Å². The highest BCUT2D eigenvalue weighted by molar-refractivity contribution is 6.34. The van der Waals surface area contributed by atoms with Gasteiger partial charge in [0.15, 0.2) is 0 Å². The van der Waals surface area contributed by atoms with Crippen molar-refractivity contribution in [3.8, 4) is 0 Å². The standard InChI is InChI=1S/C12H24O5Si/c1-3-11(5-14-6-11)9-16-18(13)17-10-12(4-2)7-15-8-12/h13,18H,3-10H2,1-2H3. The summed E-state index contributed by atoms with van der Waals surface area (Å²) in [5, 5.41) is 0. The van der Waals surface area contributed by atoms with E-state index in [1.165, 1.54) is 0 Å². The van der Waals surface area contributed by atoms with Crippen LogP contribution >= 0.6 is 0 Å². The van der Waals surface area contributed by atoms with Crippen LogP contribution < -0.4 is 0 Å². The lowest BCUT2D eigenvalue weighted by atomic mass is 9.84. The molecule has 5 nitrogen and oxygen atoms in total. The predicted molar refractivity (Wildman–Crippen MR) is 68.4 cm³/mol. The van der Waals surface area contributed by atoms with Crippen molar-refractivity contribution in [2.75, 3.05) is 39.6 Å². The third kappa shape index (κ3) is 3.12. The lowest BCUT2D eigenvalue weighted by Crippen LogP contribution is -2.49. The minimum absolute atomic E-state index is 0.110. The molecular weight excluding hydrogens is 252 g/mol. The molecule has 2 rings (SSSR count). The van der Waals surface area contributed by atoms with E-state index in [1.807, 2.05) is 0 Å². The molecule has 18 heavy (non-hydrogen) atoms. The maximum Gasteiger partial charge on any atom is 0.481 e. The van der Waals surface area contributed by atoms with Crippen LogP contribution in [0.1, 0.15) is 26.7 Å². The second-order valence-electron chi connectivity index (χ2n) is 5.62. The molecule has 106 valence electrons. The topological polar surface area (TPSA) is 57.2 Å². The highest BCUT2D eigenvalue weighted by atomic mass is 28.3. The third-order valence-corrected chi connectivity index (χ3v) is 5.10. The van der Waals surface area contributed by atoms with Gasteiger partial charge in [0.25, 0.3) is 0 Å². The van der Waals surface area contributed by atoms with Gasteiger partial charge in [-0.2, -0.15) is 0 Å². The van der Waals surface area contributed by atoms with Crippen molar-refractivity contribution in [2.24, 2.45) is 10.8 Å². The van der Waals surface area contributed by atoms with E-state index < -0.39 is 9.53 Å². The van der Waals surface area contributed by atoms with Crippen LogP contribution in [0.3, 0.4) is 0 Å². The van der Waals surface area contributed by atoms with Crippen molar-refractivity contribution >= 4 is 9.53 Å². The Kier molecular flexibility index (Phi) is 4.79. The Bertz CT molecular complexity index is 228. The van der Waals surface area contributed by atoms with Crippen molar-refractivity contribution in [1.82, 2.24) is 0 Å². The molecular formula is C12H24O5Si. The van der Waals surface area contributed by atoms with Crippen LogP contribution in [-0.4, -0.2) is 54.0 Å². The van der Waals surface area contributed by atoms with E-state index in [9.17, 15) is 4.80 Å². The number of hydrogen-bond donors (Lipinski definition) is 1. The van der Waals surface area contributed by atoms with Gasteiger partial charge in [-0.05, 0) is 12.8 Å². The highest BCUT2D eigenvalue weighted by Crippen LogP contribution is 2.33. The monoisotopic (exact) mass is 276 g/mol. The van der Waals surface area contributed by atoms with Gasteiger partial charge in [-0.15, -0.1) is 0 Å². The first kappa shape index (κ1) is 14.4. The van der Waals surface area contributed by atoms with Gasteiger partial charge in [0.2, 0.25) is 0 Å². The second kappa shape index (κ2) is 5.98. The molecule has 0 radical (unpaired) electrons. The fourth-order valence-electron chi connectivity index (χ4n) is 2.10. The summed E-state index contributed by atoms with van der Waals surface area (Å²) >= 11 is 0. The van der Waals surface area contributed by atoms with Crippen molar-refractivity contribution in [3.05, 3.63) is 0 Å². The Morgan fingerprint density at radius 3 is 1.56 bits per heavy atom. The molecule has 0 spiro atoms. The van der Waals surface area contributed by atoms with Gasteiger partial charge in [-0.25, -0.2) is 0 Å². The van der Waals surface area contributed by atoms with Crippen LogP contribution in [0.15, 0.2) is 0 Å². The Balaban J connectivity index is 1.64. The molecule has 0 saturated carbocycles. The normalized spacial score (nSPS) is 24.7. The molecule has 2 aliphatic rings. The molecule has 0 bridgehead atoms. The summed E-state index contributed by atoms with van der Waals surface area (Å²) < 4.78 is 21.4. The van der Waals surface area contributed by atoms with Crippen LogP contribution in [0.5, 0.6) is 0 Å². The predicted octanol–water partition coefficient (Wildman–Crippen LogP) is 0.582. The van der Waals surface area contributed by atoms with E-state index in [0.717, 1.165) is 39.3 Å².